The minimum atomic E-state index is -0.245. The zero-order valence-electron chi connectivity index (χ0n) is 16.5. The van der Waals surface area contributed by atoms with Crippen molar-refractivity contribution in [2.24, 2.45) is 11.0 Å². The number of halogens is 1. The Kier molecular flexibility index (Phi) is 4.56. The van der Waals surface area contributed by atoms with Crippen LogP contribution < -0.4 is 0 Å². The molecule has 2 aliphatic heterocycles. The van der Waals surface area contributed by atoms with E-state index in [9.17, 15) is 9.18 Å². The van der Waals surface area contributed by atoms with Crippen LogP contribution in [0, 0.1) is 11.7 Å². The van der Waals surface area contributed by atoms with E-state index in [1.54, 1.807) is 17.1 Å². The molecule has 0 unspecified atom stereocenters. The summed E-state index contributed by atoms with van der Waals surface area (Å²) in [7, 11) is 1.89. The summed E-state index contributed by atoms with van der Waals surface area (Å²) in [5, 5.41) is 12.3. The van der Waals surface area contributed by atoms with Crippen LogP contribution in [0.5, 0.6) is 0 Å². The van der Waals surface area contributed by atoms with Crippen LogP contribution in [0.2, 0.25) is 0 Å². The molecule has 0 N–H and O–H groups in total. The van der Waals surface area contributed by atoms with Crippen LogP contribution in [0.25, 0.3) is 11.1 Å². The van der Waals surface area contributed by atoms with Gasteiger partial charge < -0.3 is 0 Å². The monoisotopic (exact) mass is 393 g/mol. The summed E-state index contributed by atoms with van der Waals surface area (Å²) in [6, 6.07) is 14.4. The van der Waals surface area contributed by atoms with Crippen molar-refractivity contribution in [1.82, 2.24) is 20.4 Å². The second kappa shape index (κ2) is 7.24. The summed E-state index contributed by atoms with van der Waals surface area (Å²) in [6.07, 6.45) is 4.17. The predicted molar refractivity (Wildman–Crippen MR) is 108 cm³/mol. The minimum Gasteiger partial charge on any atom is -0.273 e. The summed E-state index contributed by atoms with van der Waals surface area (Å²) < 4.78 is 13.2. The molecule has 7 heteroatoms. The lowest BCUT2D eigenvalue weighted by atomic mass is 10.0. The van der Waals surface area contributed by atoms with Gasteiger partial charge in [0.05, 0.1) is 0 Å². The van der Waals surface area contributed by atoms with E-state index in [4.69, 9.17) is 5.10 Å². The van der Waals surface area contributed by atoms with Crippen LogP contribution in [0.1, 0.15) is 31.2 Å². The van der Waals surface area contributed by atoms with Crippen LogP contribution in [0.15, 0.2) is 53.6 Å². The summed E-state index contributed by atoms with van der Waals surface area (Å²) >= 11 is 0. The zero-order chi connectivity index (χ0) is 20.0. The maximum absolute atomic E-state index is 13.2. The van der Waals surface area contributed by atoms with Crippen LogP contribution in [0.3, 0.4) is 0 Å². The highest BCUT2D eigenvalue weighted by Crippen LogP contribution is 2.34. The van der Waals surface area contributed by atoms with E-state index < -0.39 is 0 Å². The third kappa shape index (κ3) is 3.41. The number of amides is 1. The summed E-state index contributed by atoms with van der Waals surface area (Å²) in [4.78, 5) is 13.0. The normalized spacial score (nSPS) is 20.4. The van der Waals surface area contributed by atoms with Crippen molar-refractivity contribution in [3.05, 3.63) is 59.9 Å². The molecule has 2 heterocycles. The molecule has 1 saturated heterocycles. The van der Waals surface area contributed by atoms with Gasteiger partial charge in [0.1, 0.15) is 5.82 Å². The maximum Gasteiger partial charge on any atom is 0.247 e. The van der Waals surface area contributed by atoms with Crippen molar-refractivity contribution in [2.45, 2.75) is 25.7 Å². The van der Waals surface area contributed by atoms with E-state index in [0.717, 1.165) is 55.5 Å². The van der Waals surface area contributed by atoms with E-state index in [1.165, 1.54) is 12.1 Å². The van der Waals surface area contributed by atoms with Crippen molar-refractivity contribution < 1.29 is 9.18 Å². The van der Waals surface area contributed by atoms with Gasteiger partial charge >= 0.3 is 0 Å². The standard InChI is InChI=1S/C22H24FN5O/c1-25-27(22(29)19-8-9-19)21(24-28(25)26-14-2-3-15-26)18-6-4-16(5-7-18)17-10-12-20(23)13-11-17/h4-7,10-13,19H,2-3,8-9,14-15H2,1H3. The molecular formula is C22H24FN5O. The molecule has 6 nitrogen and oxygen atoms in total. The highest BCUT2D eigenvalue weighted by Gasteiger charge is 2.43. The van der Waals surface area contributed by atoms with Crippen LogP contribution in [-0.4, -0.2) is 52.2 Å². The summed E-state index contributed by atoms with van der Waals surface area (Å²) in [6.45, 7) is 1.88. The number of hydrogen-bond acceptors (Lipinski definition) is 5. The molecular weight excluding hydrogens is 369 g/mol. The number of carbonyl (C=O) groups is 1. The number of carbonyl (C=O) groups excluding carboxylic acids is 1. The van der Waals surface area contributed by atoms with Crippen molar-refractivity contribution in [3.63, 3.8) is 0 Å². The minimum absolute atomic E-state index is 0.0969. The number of rotatable bonds is 4. The first-order valence-electron chi connectivity index (χ1n) is 10.2. The molecule has 0 aromatic heterocycles. The number of hydrogen-bond donors (Lipinski definition) is 0. The van der Waals surface area contributed by atoms with E-state index in [0.29, 0.717) is 5.84 Å². The van der Waals surface area contributed by atoms with Crippen molar-refractivity contribution in [1.29, 1.82) is 0 Å². The number of amidine groups is 1. The topological polar surface area (TPSA) is 42.4 Å². The SMILES string of the molecule is CN1N(C(=O)C2CC2)C(c2ccc(-c3ccc(F)cc3)cc2)=NN1N1CCCC1. The van der Waals surface area contributed by atoms with Gasteiger partial charge in [-0.2, -0.15) is 5.01 Å². The summed E-state index contributed by atoms with van der Waals surface area (Å²) in [5.41, 5.74) is 2.84. The second-order valence-corrected chi connectivity index (χ2v) is 7.85. The van der Waals surface area contributed by atoms with Gasteiger partial charge in [-0.25, -0.2) is 9.40 Å². The Morgan fingerprint density at radius 1 is 0.931 bits per heavy atom. The average molecular weight is 393 g/mol. The highest BCUT2D eigenvalue weighted by atomic mass is 19.1. The maximum atomic E-state index is 13.2. The third-order valence-corrected chi connectivity index (χ3v) is 5.72. The number of hydrazone groups is 1. The van der Waals surface area contributed by atoms with E-state index >= 15 is 0 Å². The van der Waals surface area contributed by atoms with Gasteiger partial charge in [0.15, 0.2) is 5.84 Å². The Morgan fingerprint density at radius 2 is 1.48 bits per heavy atom. The first-order chi connectivity index (χ1) is 14.1. The second-order valence-electron chi connectivity index (χ2n) is 7.85. The summed E-state index contributed by atoms with van der Waals surface area (Å²) in [5.74, 6) is 0.613. The molecule has 2 aromatic carbocycles. The number of nitrogens with zero attached hydrogens (tertiary/aromatic N) is 5. The van der Waals surface area contributed by atoms with Gasteiger partial charge in [-0.1, -0.05) is 41.5 Å². The van der Waals surface area contributed by atoms with Gasteiger partial charge in [-0.3, -0.25) is 4.79 Å². The van der Waals surface area contributed by atoms with Crippen LogP contribution >= 0.6 is 0 Å². The van der Waals surface area contributed by atoms with Crippen molar-refractivity contribution in [3.8, 4) is 11.1 Å². The first kappa shape index (κ1) is 18.3. The smallest absolute Gasteiger partial charge is 0.247 e. The molecule has 150 valence electrons. The Balaban J connectivity index is 1.46. The predicted octanol–water partition coefficient (Wildman–Crippen LogP) is 3.48. The molecule has 29 heavy (non-hydrogen) atoms. The fourth-order valence-corrected chi connectivity index (χ4v) is 3.92. The lowest BCUT2D eigenvalue weighted by molar-refractivity contribution is -0.216. The number of hydrazine groups is 3. The molecule has 0 bridgehead atoms. The Morgan fingerprint density at radius 3 is 2.07 bits per heavy atom. The molecule has 2 aromatic rings. The molecule has 1 aliphatic carbocycles. The fourth-order valence-electron chi connectivity index (χ4n) is 3.92. The molecule has 0 atom stereocenters. The Labute approximate surface area is 169 Å². The fraction of sp³-hybridized carbons (Fsp3) is 0.364. The zero-order valence-corrected chi connectivity index (χ0v) is 16.5. The van der Waals surface area contributed by atoms with Crippen molar-refractivity contribution >= 4 is 11.7 Å². The lowest BCUT2D eigenvalue weighted by Crippen LogP contribution is -2.53. The first-order valence-corrected chi connectivity index (χ1v) is 10.2. The largest absolute Gasteiger partial charge is 0.273 e. The quantitative estimate of drug-likeness (QED) is 0.798. The molecule has 1 saturated carbocycles. The van der Waals surface area contributed by atoms with E-state index in [-0.39, 0.29) is 17.6 Å². The number of benzene rings is 2. The van der Waals surface area contributed by atoms with E-state index in [2.05, 4.69) is 5.01 Å². The van der Waals surface area contributed by atoms with Gasteiger partial charge in [0.25, 0.3) is 0 Å². The lowest BCUT2D eigenvalue weighted by Gasteiger charge is -2.34. The molecule has 3 aliphatic rings. The van der Waals surface area contributed by atoms with Crippen LogP contribution in [0.4, 0.5) is 4.39 Å². The van der Waals surface area contributed by atoms with Crippen LogP contribution in [-0.2, 0) is 4.79 Å². The van der Waals surface area contributed by atoms with Crippen molar-refractivity contribution in [2.75, 3.05) is 20.1 Å². The Hall–Kier alpha value is -2.77. The van der Waals surface area contributed by atoms with E-state index in [1.807, 2.05) is 41.7 Å². The highest BCUT2D eigenvalue weighted by molar-refractivity contribution is 6.09. The van der Waals surface area contributed by atoms with Gasteiger partial charge in [0, 0.05) is 31.6 Å². The van der Waals surface area contributed by atoms with Gasteiger partial charge in [-0.05, 0) is 48.9 Å². The molecule has 2 fully saturated rings. The van der Waals surface area contributed by atoms with Gasteiger partial charge in [-0.15, -0.1) is 10.3 Å². The third-order valence-electron chi connectivity index (χ3n) is 5.72. The molecule has 0 spiro atoms. The van der Waals surface area contributed by atoms with Gasteiger partial charge in [0.2, 0.25) is 5.91 Å². The molecule has 0 radical (unpaired) electrons. The molecule has 5 rings (SSSR count). The molecule has 1 amide bonds. The average Bonchev–Trinajstić information content (AvgIpc) is 3.34. The Bertz CT molecular complexity index is 933.